The molecule has 0 bridgehead atoms. The molecule has 0 saturated heterocycles. The molecule has 2 rings (SSSR count). The number of anilines is 1. The molecule has 2 aromatic carbocycles. The SMILES string of the molecule is S=C(Cl)N(Cc1ccccc1)c1ccccc1. The quantitative estimate of drug-likeness (QED) is 0.462. The molecule has 0 saturated carbocycles. The van der Waals surface area contributed by atoms with Gasteiger partial charge in [0, 0.05) is 12.2 Å². The molecule has 1 nitrogen and oxygen atoms in total. The van der Waals surface area contributed by atoms with E-state index < -0.39 is 0 Å². The summed E-state index contributed by atoms with van der Waals surface area (Å²) in [5.74, 6) is 0. The van der Waals surface area contributed by atoms with Crippen molar-refractivity contribution in [2.75, 3.05) is 4.90 Å². The molecule has 0 spiro atoms. The zero-order valence-electron chi connectivity index (χ0n) is 9.21. The first-order valence-corrected chi connectivity index (χ1v) is 6.12. The van der Waals surface area contributed by atoms with E-state index in [0.717, 1.165) is 5.69 Å². The Labute approximate surface area is 112 Å². The molecule has 0 heterocycles. The van der Waals surface area contributed by atoms with Crippen molar-refractivity contribution in [2.24, 2.45) is 0 Å². The second-order valence-electron chi connectivity index (χ2n) is 3.66. The fourth-order valence-electron chi connectivity index (χ4n) is 1.63. The maximum absolute atomic E-state index is 5.99. The van der Waals surface area contributed by atoms with Gasteiger partial charge in [0.25, 0.3) is 0 Å². The van der Waals surface area contributed by atoms with E-state index in [1.54, 1.807) is 0 Å². The van der Waals surface area contributed by atoms with Crippen LogP contribution in [0.3, 0.4) is 0 Å². The van der Waals surface area contributed by atoms with Crippen molar-refractivity contribution in [3.05, 3.63) is 66.2 Å². The highest BCUT2D eigenvalue weighted by Gasteiger charge is 2.09. The van der Waals surface area contributed by atoms with Gasteiger partial charge in [-0.25, -0.2) is 0 Å². The number of halogens is 1. The largest absolute Gasteiger partial charge is 0.319 e. The smallest absolute Gasteiger partial charge is 0.174 e. The molecule has 0 aromatic heterocycles. The maximum atomic E-state index is 5.99. The summed E-state index contributed by atoms with van der Waals surface area (Å²) < 4.78 is 0.361. The van der Waals surface area contributed by atoms with Crippen LogP contribution in [0, 0.1) is 0 Å². The molecular weight excluding hydrogens is 250 g/mol. The third kappa shape index (κ3) is 3.29. The summed E-state index contributed by atoms with van der Waals surface area (Å²) >= 11 is 11.1. The normalized spacial score (nSPS) is 9.94. The molecule has 0 atom stereocenters. The van der Waals surface area contributed by atoms with Crippen LogP contribution in [0.2, 0.25) is 0 Å². The highest BCUT2D eigenvalue weighted by molar-refractivity contribution is 7.83. The van der Waals surface area contributed by atoms with E-state index in [-0.39, 0.29) is 0 Å². The lowest BCUT2D eigenvalue weighted by Gasteiger charge is -2.22. The van der Waals surface area contributed by atoms with E-state index in [4.69, 9.17) is 23.8 Å². The molecule has 0 radical (unpaired) electrons. The Bertz CT molecular complexity index is 484. The van der Waals surface area contributed by atoms with E-state index in [9.17, 15) is 0 Å². The van der Waals surface area contributed by atoms with Crippen LogP contribution in [0.15, 0.2) is 60.7 Å². The number of hydrogen-bond donors (Lipinski definition) is 0. The Morgan fingerprint density at radius 2 is 1.47 bits per heavy atom. The second-order valence-corrected chi connectivity index (χ2v) is 4.63. The van der Waals surface area contributed by atoms with Gasteiger partial charge in [-0.3, -0.25) is 0 Å². The number of para-hydroxylation sites is 1. The Morgan fingerprint density at radius 1 is 0.941 bits per heavy atom. The Kier molecular flexibility index (Phi) is 4.13. The third-order valence-electron chi connectivity index (χ3n) is 2.46. The average Bonchev–Trinajstić information content (AvgIpc) is 2.38. The Balaban J connectivity index is 2.23. The fourth-order valence-corrected chi connectivity index (χ4v) is 1.96. The molecule has 3 heteroatoms. The van der Waals surface area contributed by atoms with E-state index >= 15 is 0 Å². The fraction of sp³-hybridized carbons (Fsp3) is 0.0714. The molecule has 0 fully saturated rings. The molecule has 0 aliphatic heterocycles. The maximum Gasteiger partial charge on any atom is 0.174 e. The van der Waals surface area contributed by atoms with Crippen LogP contribution in [0.5, 0.6) is 0 Å². The van der Waals surface area contributed by atoms with Gasteiger partial charge in [-0.2, -0.15) is 0 Å². The lowest BCUT2D eigenvalue weighted by atomic mass is 10.2. The number of thiocarbonyl (C=S) groups is 1. The van der Waals surface area contributed by atoms with Crippen molar-refractivity contribution in [3.8, 4) is 0 Å². The summed E-state index contributed by atoms with van der Waals surface area (Å²) in [6.45, 7) is 0.688. The summed E-state index contributed by atoms with van der Waals surface area (Å²) in [7, 11) is 0. The van der Waals surface area contributed by atoms with Crippen LogP contribution in [0.1, 0.15) is 5.56 Å². The molecule has 0 amide bonds. The summed E-state index contributed by atoms with van der Waals surface area (Å²) in [6, 6.07) is 20.1. The summed E-state index contributed by atoms with van der Waals surface area (Å²) in [6.07, 6.45) is 0. The van der Waals surface area contributed by atoms with Crippen LogP contribution >= 0.6 is 23.8 Å². The van der Waals surface area contributed by atoms with Gasteiger partial charge < -0.3 is 4.90 Å². The van der Waals surface area contributed by atoms with Crippen molar-refractivity contribution < 1.29 is 0 Å². The standard InChI is InChI=1S/C14H12ClNS/c15-14(17)16(13-9-5-2-6-10-13)11-12-7-3-1-4-8-12/h1-10H,11H2. The highest BCUT2D eigenvalue weighted by atomic mass is 35.5. The van der Waals surface area contributed by atoms with Crippen LogP contribution in [-0.4, -0.2) is 4.45 Å². The van der Waals surface area contributed by atoms with E-state index in [1.165, 1.54) is 5.56 Å². The number of rotatable bonds is 3. The Morgan fingerprint density at radius 3 is 2.00 bits per heavy atom. The van der Waals surface area contributed by atoms with Crippen molar-refractivity contribution in [1.29, 1.82) is 0 Å². The van der Waals surface area contributed by atoms with E-state index in [1.807, 2.05) is 53.4 Å². The lowest BCUT2D eigenvalue weighted by Crippen LogP contribution is -2.24. The van der Waals surface area contributed by atoms with Crippen molar-refractivity contribution in [2.45, 2.75) is 6.54 Å². The first kappa shape index (κ1) is 12.1. The highest BCUT2D eigenvalue weighted by Crippen LogP contribution is 2.18. The molecule has 86 valence electrons. The first-order valence-electron chi connectivity index (χ1n) is 5.33. The van der Waals surface area contributed by atoms with Gasteiger partial charge >= 0.3 is 0 Å². The minimum atomic E-state index is 0.361. The minimum absolute atomic E-state index is 0.361. The van der Waals surface area contributed by atoms with Gasteiger partial charge in [-0.05, 0) is 29.9 Å². The molecule has 2 aromatic rings. The summed E-state index contributed by atoms with van der Waals surface area (Å²) in [5.41, 5.74) is 2.19. The van der Waals surface area contributed by atoms with Crippen molar-refractivity contribution in [3.63, 3.8) is 0 Å². The van der Waals surface area contributed by atoms with Gasteiger partial charge in [0.05, 0.1) is 0 Å². The molecular formula is C14H12ClNS. The van der Waals surface area contributed by atoms with Crippen LogP contribution in [0.25, 0.3) is 0 Å². The van der Waals surface area contributed by atoms with E-state index in [2.05, 4.69) is 12.1 Å². The predicted octanol–water partition coefficient (Wildman–Crippen LogP) is 4.22. The topological polar surface area (TPSA) is 3.24 Å². The van der Waals surface area contributed by atoms with Crippen LogP contribution in [0.4, 0.5) is 5.69 Å². The van der Waals surface area contributed by atoms with Crippen molar-refractivity contribution in [1.82, 2.24) is 0 Å². The number of hydrogen-bond acceptors (Lipinski definition) is 1. The summed E-state index contributed by atoms with van der Waals surface area (Å²) in [5, 5.41) is 0. The zero-order chi connectivity index (χ0) is 12.1. The Hall–Kier alpha value is -1.38. The average molecular weight is 262 g/mol. The molecule has 17 heavy (non-hydrogen) atoms. The van der Waals surface area contributed by atoms with Crippen molar-refractivity contribution >= 4 is 34.0 Å². The van der Waals surface area contributed by atoms with Crippen LogP contribution in [-0.2, 0) is 6.54 Å². The second kappa shape index (κ2) is 5.80. The van der Waals surface area contributed by atoms with Gasteiger partial charge in [0.15, 0.2) is 4.45 Å². The molecule has 0 N–H and O–H groups in total. The van der Waals surface area contributed by atoms with Gasteiger partial charge in [-0.1, -0.05) is 60.1 Å². The first-order chi connectivity index (χ1) is 8.27. The molecule has 0 aliphatic carbocycles. The number of benzene rings is 2. The molecule has 0 aliphatic rings. The zero-order valence-corrected chi connectivity index (χ0v) is 10.8. The van der Waals surface area contributed by atoms with Gasteiger partial charge in [-0.15, -0.1) is 0 Å². The lowest BCUT2D eigenvalue weighted by molar-refractivity contribution is 1.02. The minimum Gasteiger partial charge on any atom is -0.319 e. The third-order valence-corrected chi connectivity index (χ3v) is 2.89. The monoisotopic (exact) mass is 261 g/mol. The van der Waals surface area contributed by atoms with Crippen LogP contribution < -0.4 is 4.90 Å². The van der Waals surface area contributed by atoms with E-state index in [0.29, 0.717) is 11.0 Å². The van der Waals surface area contributed by atoms with Gasteiger partial charge in [0.1, 0.15) is 0 Å². The summed E-state index contributed by atoms with van der Waals surface area (Å²) in [4.78, 5) is 1.91. The predicted molar refractivity (Wildman–Crippen MR) is 77.5 cm³/mol. The number of nitrogens with zero attached hydrogens (tertiary/aromatic N) is 1. The molecule has 0 unspecified atom stereocenters. The van der Waals surface area contributed by atoms with Gasteiger partial charge in [0.2, 0.25) is 0 Å².